The van der Waals surface area contributed by atoms with Crippen LogP contribution in [0.4, 0.5) is 0 Å². The van der Waals surface area contributed by atoms with Crippen LogP contribution in [-0.2, 0) is 23.9 Å². The van der Waals surface area contributed by atoms with Crippen LogP contribution >= 0.6 is 0 Å². The number of rotatable bonds is 10. The first kappa shape index (κ1) is 25.0. The Balaban J connectivity index is 2.01. The van der Waals surface area contributed by atoms with Gasteiger partial charge in [0.25, 0.3) is 0 Å². The summed E-state index contributed by atoms with van der Waals surface area (Å²) in [5.41, 5.74) is 2.40. The zero-order valence-electron chi connectivity index (χ0n) is 20.0. The van der Waals surface area contributed by atoms with Crippen molar-refractivity contribution < 1.29 is 29.0 Å². The molecule has 1 saturated carbocycles. The van der Waals surface area contributed by atoms with Gasteiger partial charge >= 0.3 is 11.9 Å². The number of hydrogen-bond donors (Lipinski definition) is 1. The van der Waals surface area contributed by atoms with Crippen molar-refractivity contribution >= 4 is 25.7 Å². The molecule has 1 N–H and O–H groups in total. The third kappa shape index (κ3) is 5.66. The number of hydrogen-bond acceptors (Lipinski definition) is 7. The van der Waals surface area contributed by atoms with E-state index in [4.69, 9.17) is 14.3 Å². The molecule has 1 aromatic rings. The monoisotopic (exact) mass is 473 g/mol. The van der Waals surface area contributed by atoms with Gasteiger partial charge in [-0.25, -0.2) is 0 Å². The zero-order chi connectivity index (χ0) is 24.2. The number of oxime groups is 1. The molecule has 1 aromatic carbocycles. The predicted octanol–water partition coefficient (Wildman–Crippen LogP) is 4.60. The van der Waals surface area contributed by atoms with E-state index < -0.39 is 31.8 Å². The second-order valence-corrected chi connectivity index (χ2v) is 15.6. The van der Waals surface area contributed by atoms with E-state index in [1.54, 1.807) is 18.2 Å². The molecule has 0 spiro atoms. The van der Waals surface area contributed by atoms with Crippen molar-refractivity contribution in [1.82, 2.24) is 0 Å². The highest BCUT2D eigenvalue weighted by Crippen LogP contribution is 2.55. The lowest BCUT2D eigenvalue weighted by atomic mass is 9.55. The Morgan fingerprint density at radius 3 is 2.52 bits per heavy atom. The van der Waals surface area contributed by atoms with Crippen molar-refractivity contribution in [3.8, 4) is 5.75 Å². The summed E-state index contributed by atoms with van der Waals surface area (Å²) in [4.78, 5) is 32.0. The standard InChI is InChI=1S/C25H35NO6Si/c1-6-10-30-25(29)23-21-18-14-16(27)8-9-17(18)19(15-20(21)26-32-11-7-2)22(23)24(28)31-12-13-33(3,4)5/h7-9,14,19,21-23,27H,2,6,10-13,15H2,1,3-5H3/b26-20+/t19?,21-,22?,23-/m1/s1. The smallest absolute Gasteiger partial charge is 0.310 e. The highest BCUT2D eigenvalue weighted by Gasteiger charge is 2.57. The van der Waals surface area contributed by atoms with Crippen molar-refractivity contribution in [2.24, 2.45) is 17.0 Å². The molecule has 1 fully saturated rings. The minimum atomic E-state index is -1.38. The fourth-order valence-electron chi connectivity index (χ4n) is 4.70. The van der Waals surface area contributed by atoms with Gasteiger partial charge in [0.15, 0.2) is 0 Å². The van der Waals surface area contributed by atoms with E-state index in [2.05, 4.69) is 31.4 Å². The molecule has 3 aliphatic rings. The number of carbonyl (C=O) groups excluding carboxylic acids is 2. The van der Waals surface area contributed by atoms with Crippen LogP contribution < -0.4 is 0 Å². The van der Waals surface area contributed by atoms with Crippen molar-refractivity contribution in [3.05, 3.63) is 42.0 Å². The van der Waals surface area contributed by atoms with Gasteiger partial charge in [-0.15, -0.1) is 0 Å². The minimum absolute atomic E-state index is 0.0996. The molecule has 4 rings (SSSR count). The maximum atomic E-state index is 13.4. The number of aromatic hydroxyl groups is 1. The molecule has 180 valence electrons. The largest absolute Gasteiger partial charge is 0.508 e. The van der Waals surface area contributed by atoms with Gasteiger partial charge in [0.1, 0.15) is 12.4 Å². The highest BCUT2D eigenvalue weighted by atomic mass is 28.3. The Labute approximate surface area is 196 Å². The first-order valence-corrected chi connectivity index (χ1v) is 15.3. The molecule has 2 unspecified atom stereocenters. The Morgan fingerprint density at radius 1 is 1.15 bits per heavy atom. The maximum Gasteiger partial charge on any atom is 0.310 e. The van der Waals surface area contributed by atoms with Gasteiger partial charge in [-0.05, 0) is 42.1 Å². The Hall–Kier alpha value is -2.61. The summed E-state index contributed by atoms with van der Waals surface area (Å²) in [6.07, 6.45) is 2.75. The molecular weight excluding hydrogens is 438 g/mol. The summed E-state index contributed by atoms with van der Waals surface area (Å²) in [7, 11) is -1.38. The molecule has 0 aliphatic heterocycles. The average molecular weight is 474 g/mol. The Kier molecular flexibility index (Phi) is 7.99. The van der Waals surface area contributed by atoms with Crippen LogP contribution in [-0.4, -0.2) is 50.7 Å². The molecule has 0 heterocycles. The molecule has 2 bridgehead atoms. The molecule has 4 atom stereocenters. The third-order valence-electron chi connectivity index (χ3n) is 6.24. The fraction of sp³-hybridized carbons (Fsp3) is 0.560. The summed E-state index contributed by atoms with van der Waals surface area (Å²) < 4.78 is 11.2. The van der Waals surface area contributed by atoms with Gasteiger partial charge in [-0.1, -0.05) is 50.4 Å². The average Bonchev–Trinajstić information content (AvgIpc) is 2.76. The second kappa shape index (κ2) is 10.5. The summed E-state index contributed by atoms with van der Waals surface area (Å²) in [6.45, 7) is 13.1. The molecule has 3 aliphatic carbocycles. The molecule has 0 aromatic heterocycles. The lowest BCUT2D eigenvalue weighted by molar-refractivity contribution is -0.163. The number of carbonyl (C=O) groups is 2. The molecule has 0 saturated heterocycles. The molecule has 0 amide bonds. The first-order valence-electron chi connectivity index (χ1n) is 11.6. The van der Waals surface area contributed by atoms with Crippen molar-refractivity contribution in [3.63, 3.8) is 0 Å². The summed E-state index contributed by atoms with van der Waals surface area (Å²) in [6, 6.07) is 5.96. The van der Waals surface area contributed by atoms with Crippen LogP contribution in [0.5, 0.6) is 5.75 Å². The number of ether oxygens (including phenoxy) is 2. The molecule has 0 radical (unpaired) electrons. The van der Waals surface area contributed by atoms with Crippen molar-refractivity contribution in [2.45, 2.75) is 57.3 Å². The van der Waals surface area contributed by atoms with Gasteiger partial charge in [0.2, 0.25) is 0 Å². The topological polar surface area (TPSA) is 94.4 Å². The van der Waals surface area contributed by atoms with Gasteiger partial charge in [-0.2, -0.15) is 0 Å². The quantitative estimate of drug-likeness (QED) is 0.175. The second-order valence-electron chi connectivity index (χ2n) is 9.97. The van der Waals surface area contributed by atoms with Crippen LogP contribution in [0.2, 0.25) is 25.7 Å². The third-order valence-corrected chi connectivity index (χ3v) is 7.94. The number of phenols is 1. The van der Waals surface area contributed by atoms with Crippen molar-refractivity contribution in [1.29, 1.82) is 0 Å². The lowest BCUT2D eigenvalue weighted by Crippen LogP contribution is -2.51. The first-order chi connectivity index (χ1) is 15.7. The van der Waals surface area contributed by atoms with Crippen LogP contribution in [0.25, 0.3) is 0 Å². The summed E-state index contributed by atoms with van der Waals surface area (Å²) in [5.74, 6) is -3.00. The number of benzene rings is 1. The van der Waals surface area contributed by atoms with E-state index in [1.807, 2.05) is 13.0 Å². The Morgan fingerprint density at radius 2 is 1.85 bits per heavy atom. The van der Waals surface area contributed by atoms with Gasteiger partial charge in [0, 0.05) is 19.9 Å². The predicted molar refractivity (Wildman–Crippen MR) is 129 cm³/mol. The molecular formula is C25H35NO6Si. The van der Waals surface area contributed by atoms with Crippen molar-refractivity contribution in [2.75, 3.05) is 19.8 Å². The van der Waals surface area contributed by atoms with Crippen LogP contribution in [0.1, 0.15) is 42.7 Å². The maximum absolute atomic E-state index is 13.4. The van der Waals surface area contributed by atoms with E-state index in [-0.39, 0.29) is 30.9 Å². The molecule has 7 nitrogen and oxygen atoms in total. The summed E-state index contributed by atoms with van der Waals surface area (Å²) >= 11 is 0. The van der Waals surface area contributed by atoms with Crippen LogP contribution in [0, 0.1) is 11.8 Å². The lowest BCUT2D eigenvalue weighted by Gasteiger charge is -2.47. The molecule has 33 heavy (non-hydrogen) atoms. The SMILES string of the molecule is C=CCO/N=C1\CC2c3ccc(O)cc3[C@H]1[C@@H](C(=O)OCCC)C2C(=O)OCC[Si](C)(C)C. The van der Waals surface area contributed by atoms with Crippen LogP contribution in [0.15, 0.2) is 36.0 Å². The Bertz CT molecular complexity index is 922. The van der Waals surface area contributed by atoms with E-state index in [0.29, 0.717) is 25.2 Å². The fourth-order valence-corrected chi connectivity index (χ4v) is 5.42. The summed E-state index contributed by atoms with van der Waals surface area (Å²) in [5, 5.41) is 14.5. The van der Waals surface area contributed by atoms with Gasteiger partial charge in [0.05, 0.1) is 30.8 Å². The number of fused-ring (bicyclic) bond motifs is 2. The number of phenolic OH excluding ortho intramolecular Hbond substituents is 1. The van der Waals surface area contributed by atoms with E-state index in [1.165, 1.54) is 0 Å². The van der Waals surface area contributed by atoms with Gasteiger partial charge < -0.3 is 19.4 Å². The van der Waals surface area contributed by atoms with Crippen LogP contribution in [0.3, 0.4) is 0 Å². The normalized spacial score (nSPS) is 24.8. The minimum Gasteiger partial charge on any atom is -0.508 e. The highest BCUT2D eigenvalue weighted by molar-refractivity contribution is 6.76. The number of nitrogens with zero attached hydrogens (tertiary/aromatic N) is 1. The van der Waals surface area contributed by atoms with E-state index in [0.717, 1.165) is 17.2 Å². The zero-order valence-corrected chi connectivity index (χ0v) is 21.0. The van der Waals surface area contributed by atoms with Gasteiger partial charge in [-0.3, -0.25) is 9.59 Å². The molecule has 8 heteroatoms. The number of esters is 2. The van der Waals surface area contributed by atoms with E-state index in [9.17, 15) is 14.7 Å². The van der Waals surface area contributed by atoms with E-state index >= 15 is 0 Å².